The van der Waals surface area contributed by atoms with Gasteiger partial charge < -0.3 is 16.6 Å². The first-order valence-corrected chi connectivity index (χ1v) is 10.2. The number of carbonyl (C=O) groups excluding carboxylic acids is 1. The van der Waals surface area contributed by atoms with Gasteiger partial charge in [0.25, 0.3) is 0 Å². The minimum absolute atomic E-state index is 0.0423. The highest BCUT2D eigenvalue weighted by Crippen LogP contribution is 2.42. The van der Waals surface area contributed by atoms with E-state index in [1.54, 1.807) is 0 Å². The quantitative estimate of drug-likeness (QED) is 0.577. The van der Waals surface area contributed by atoms with Gasteiger partial charge in [-0.3, -0.25) is 4.79 Å². The third-order valence-corrected chi connectivity index (χ3v) is 5.34. The molecule has 1 rings (SSSR count). The molecule has 0 heterocycles. The van der Waals surface area contributed by atoms with Gasteiger partial charge in [-0.1, -0.05) is 61.3 Å². The van der Waals surface area contributed by atoms with Crippen LogP contribution >= 0.6 is 0 Å². The number of aromatic hydroxyl groups is 1. The lowest BCUT2D eigenvalue weighted by Crippen LogP contribution is -2.45. The van der Waals surface area contributed by atoms with Gasteiger partial charge >= 0.3 is 0 Å². The number of unbranched alkanes of at least 4 members (excludes halogenated alkanes) is 2. The predicted octanol–water partition coefficient (Wildman–Crippen LogP) is 4.64. The summed E-state index contributed by atoms with van der Waals surface area (Å²) in [4.78, 5) is 12.9. The number of hydrogen-bond acceptors (Lipinski definition) is 4. The number of nitrogens with two attached hydrogens (primary N) is 2. The van der Waals surface area contributed by atoms with Crippen molar-refractivity contribution in [2.45, 2.75) is 96.9 Å². The standard InChI is InChI=1S/C23H40N2O2/c1-8-19(26)23(25,12-10-9-11-13-24)16-14-17(21(2,3)4)20(27)18(15-16)22(5,6)7/h14-15,27H,8-13,24-25H2,1-7H3. The van der Waals surface area contributed by atoms with Crippen molar-refractivity contribution in [3.8, 4) is 5.75 Å². The molecule has 27 heavy (non-hydrogen) atoms. The third-order valence-electron chi connectivity index (χ3n) is 5.34. The van der Waals surface area contributed by atoms with Crippen LogP contribution in [0.3, 0.4) is 0 Å². The molecule has 0 saturated carbocycles. The number of phenols is 1. The van der Waals surface area contributed by atoms with Gasteiger partial charge in [-0.25, -0.2) is 0 Å². The molecule has 0 radical (unpaired) electrons. The van der Waals surface area contributed by atoms with Crippen molar-refractivity contribution in [1.29, 1.82) is 0 Å². The minimum atomic E-state index is -1.03. The van der Waals surface area contributed by atoms with Gasteiger partial charge in [0.15, 0.2) is 5.78 Å². The van der Waals surface area contributed by atoms with Crippen LogP contribution in [0.15, 0.2) is 12.1 Å². The third kappa shape index (κ3) is 5.55. The lowest BCUT2D eigenvalue weighted by atomic mass is 9.73. The largest absolute Gasteiger partial charge is 0.507 e. The molecule has 1 aromatic rings. The van der Waals surface area contributed by atoms with Crippen LogP contribution in [0.5, 0.6) is 5.75 Å². The molecular formula is C23H40N2O2. The molecule has 1 aromatic carbocycles. The zero-order valence-corrected chi connectivity index (χ0v) is 18.4. The molecule has 0 aliphatic heterocycles. The Balaban J connectivity index is 3.59. The van der Waals surface area contributed by atoms with E-state index in [1.165, 1.54) is 0 Å². The van der Waals surface area contributed by atoms with E-state index in [9.17, 15) is 9.90 Å². The Morgan fingerprint density at radius 2 is 1.44 bits per heavy atom. The number of hydrogen-bond donors (Lipinski definition) is 3. The summed E-state index contributed by atoms with van der Waals surface area (Å²) in [5.74, 6) is 0.355. The van der Waals surface area contributed by atoms with Crippen molar-refractivity contribution in [3.63, 3.8) is 0 Å². The first-order chi connectivity index (χ1) is 12.3. The van der Waals surface area contributed by atoms with Crippen LogP contribution in [0.2, 0.25) is 0 Å². The lowest BCUT2D eigenvalue weighted by molar-refractivity contribution is -0.124. The molecule has 5 N–H and O–H groups in total. The van der Waals surface area contributed by atoms with Crippen molar-refractivity contribution in [2.24, 2.45) is 11.5 Å². The summed E-state index contributed by atoms with van der Waals surface area (Å²) in [6.07, 6.45) is 3.74. The summed E-state index contributed by atoms with van der Waals surface area (Å²) in [6.45, 7) is 14.9. The highest BCUT2D eigenvalue weighted by Gasteiger charge is 2.37. The van der Waals surface area contributed by atoms with E-state index in [2.05, 4.69) is 41.5 Å². The topological polar surface area (TPSA) is 89.3 Å². The highest BCUT2D eigenvalue weighted by molar-refractivity contribution is 5.89. The molecular weight excluding hydrogens is 336 g/mol. The van der Waals surface area contributed by atoms with Gasteiger partial charge in [0.1, 0.15) is 11.3 Å². The average Bonchev–Trinajstić information content (AvgIpc) is 2.55. The second-order valence-corrected chi connectivity index (χ2v) is 9.77. The normalized spacial score (nSPS) is 14.9. The Kier molecular flexibility index (Phi) is 7.66. The zero-order valence-electron chi connectivity index (χ0n) is 18.4. The molecule has 1 atom stereocenters. The lowest BCUT2D eigenvalue weighted by Gasteiger charge is -2.34. The van der Waals surface area contributed by atoms with E-state index in [1.807, 2.05) is 19.1 Å². The number of benzene rings is 1. The number of phenolic OH excluding ortho intramolecular Hbond substituents is 1. The van der Waals surface area contributed by atoms with Crippen molar-refractivity contribution in [2.75, 3.05) is 6.54 Å². The van der Waals surface area contributed by atoms with E-state index in [0.717, 1.165) is 36.0 Å². The van der Waals surface area contributed by atoms with E-state index < -0.39 is 5.54 Å². The van der Waals surface area contributed by atoms with E-state index >= 15 is 0 Å². The monoisotopic (exact) mass is 376 g/mol. The molecule has 1 unspecified atom stereocenters. The average molecular weight is 377 g/mol. The maximum atomic E-state index is 12.9. The summed E-state index contributed by atoms with van der Waals surface area (Å²) in [6, 6.07) is 3.89. The molecule has 0 aliphatic rings. The van der Waals surface area contributed by atoms with E-state index in [4.69, 9.17) is 11.5 Å². The van der Waals surface area contributed by atoms with Crippen LogP contribution in [0.4, 0.5) is 0 Å². The van der Waals surface area contributed by atoms with Gasteiger partial charge in [0.2, 0.25) is 0 Å². The molecule has 154 valence electrons. The number of rotatable bonds is 8. The molecule has 0 aromatic heterocycles. The van der Waals surface area contributed by atoms with Gasteiger partial charge in [-0.15, -0.1) is 0 Å². The van der Waals surface area contributed by atoms with Gasteiger partial charge in [0, 0.05) is 6.42 Å². The second-order valence-electron chi connectivity index (χ2n) is 9.77. The van der Waals surface area contributed by atoms with Gasteiger partial charge in [-0.2, -0.15) is 0 Å². The summed E-state index contributed by atoms with van der Waals surface area (Å²) >= 11 is 0. The Morgan fingerprint density at radius 3 is 1.81 bits per heavy atom. The second kappa shape index (κ2) is 8.74. The fourth-order valence-electron chi connectivity index (χ4n) is 3.52. The Bertz CT molecular complexity index is 618. The first-order valence-electron chi connectivity index (χ1n) is 10.2. The Labute approximate surface area is 165 Å². The van der Waals surface area contributed by atoms with Gasteiger partial charge in [0.05, 0.1) is 0 Å². The minimum Gasteiger partial charge on any atom is -0.507 e. The number of ketones is 1. The van der Waals surface area contributed by atoms with Crippen molar-refractivity contribution < 1.29 is 9.90 Å². The number of Topliss-reactive ketones (excluding diaryl/α,β-unsaturated/α-hetero) is 1. The fourth-order valence-corrected chi connectivity index (χ4v) is 3.52. The maximum absolute atomic E-state index is 12.9. The highest BCUT2D eigenvalue weighted by atomic mass is 16.3. The molecule has 0 aliphatic carbocycles. The smallest absolute Gasteiger partial charge is 0.156 e. The summed E-state index contributed by atoms with van der Waals surface area (Å²) in [7, 11) is 0. The molecule has 0 saturated heterocycles. The zero-order chi connectivity index (χ0) is 21.0. The maximum Gasteiger partial charge on any atom is 0.156 e. The molecule has 0 amide bonds. The SMILES string of the molecule is CCC(=O)C(N)(CCCCCN)c1cc(C(C)(C)C)c(O)c(C(C)(C)C)c1. The van der Waals surface area contributed by atoms with Crippen LogP contribution in [-0.2, 0) is 21.2 Å². The number of carbonyl (C=O) groups is 1. The van der Waals surface area contributed by atoms with Crippen LogP contribution in [-0.4, -0.2) is 17.4 Å². The summed E-state index contributed by atoms with van der Waals surface area (Å²) in [5, 5.41) is 11.0. The molecule has 4 nitrogen and oxygen atoms in total. The summed E-state index contributed by atoms with van der Waals surface area (Å²) < 4.78 is 0. The predicted molar refractivity (Wildman–Crippen MR) is 114 cm³/mol. The van der Waals surface area contributed by atoms with Crippen LogP contribution in [0.1, 0.15) is 97.3 Å². The Morgan fingerprint density at radius 1 is 0.963 bits per heavy atom. The van der Waals surface area contributed by atoms with E-state index in [0.29, 0.717) is 25.1 Å². The Hall–Kier alpha value is -1.39. The fraction of sp³-hybridized carbons (Fsp3) is 0.696. The van der Waals surface area contributed by atoms with Crippen LogP contribution in [0, 0.1) is 0 Å². The molecule has 0 spiro atoms. The van der Waals surface area contributed by atoms with Crippen molar-refractivity contribution >= 4 is 5.78 Å². The molecule has 4 heteroatoms. The molecule has 0 fully saturated rings. The van der Waals surface area contributed by atoms with Gasteiger partial charge in [-0.05, 0) is 59.0 Å². The van der Waals surface area contributed by atoms with Crippen LogP contribution in [0.25, 0.3) is 0 Å². The molecule has 0 bridgehead atoms. The van der Waals surface area contributed by atoms with Crippen molar-refractivity contribution in [1.82, 2.24) is 0 Å². The summed E-state index contributed by atoms with van der Waals surface area (Å²) in [5.41, 5.74) is 13.3. The van der Waals surface area contributed by atoms with Crippen LogP contribution < -0.4 is 11.5 Å². The first kappa shape index (κ1) is 23.6. The van der Waals surface area contributed by atoms with E-state index in [-0.39, 0.29) is 16.6 Å². The van der Waals surface area contributed by atoms with Crippen molar-refractivity contribution in [3.05, 3.63) is 28.8 Å².